The van der Waals surface area contributed by atoms with Crippen molar-refractivity contribution in [2.24, 2.45) is 5.73 Å². The lowest BCUT2D eigenvalue weighted by molar-refractivity contribution is -0.0174. The molecule has 0 amide bonds. The molecule has 1 rings (SSSR count). The Morgan fingerprint density at radius 1 is 0.517 bits per heavy atom. The van der Waals surface area contributed by atoms with Gasteiger partial charge in [-0.25, -0.2) is 0 Å². The van der Waals surface area contributed by atoms with Crippen molar-refractivity contribution in [2.75, 3.05) is 98.2 Å². The summed E-state index contributed by atoms with van der Waals surface area (Å²) in [4.78, 5) is 0. The summed E-state index contributed by atoms with van der Waals surface area (Å²) >= 11 is 0. The number of benzene rings is 1. The molecule has 0 aromatic heterocycles. The standard InChI is InChI=1S/C20H36N2O7/c21-5-6-23-7-8-24-9-10-25-11-12-26-13-14-27-15-16-28-17-18-29-20-4-2-1-3-19(20)22/h1-4H,5-18,21-22H2. The van der Waals surface area contributed by atoms with Gasteiger partial charge in [0.05, 0.1) is 85.0 Å². The Morgan fingerprint density at radius 3 is 1.31 bits per heavy atom. The first-order chi connectivity index (χ1) is 14.3. The monoisotopic (exact) mass is 416 g/mol. The summed E-state index contributed by atoms with van der Waals surface area (Å²) in [6.45, 7) is 7.33. The van der Waals surface area contributed by atoms with Crippen molar-refractivity contribution in [3.05, 3.63) is 24.3 Å². The second-order valence-corrected chi connectivity index (χ2v) is 5.85. The Bertz CT molecular complexity index is 480. The van der Waals surface area contributed by atoms with Gasteiger partial charge in [-0.15, -0.1) is 0 Å². The minimum atomic E-state index is 0.449. The second kappa shape index (κ2) is 19.8. The minimum absolute atomic E-state index is 0.449. The van der Waals surface area contributed by atoms with Crippen LogP contribution in [0.15, 0.2) is 24.3 Å². The van der Waals surface area contributed by atoms with E-state index in [1.54, 1.807) is 6.07 Å². The molecule has 0 bridgehead atoms. The lowest BCUT2D eigenvalue weighted by Gasteiger charge is -2.09. The molecule has 0 spiro atoms. The van der Waals surface area contributed by atoms with Crippen LogP contribution in [0.1, 0.15) is 0 Å². The molecule has 0 radical (unpaired) electrons. The molecule has 0 saturated heterocycles. The van der Waals surface area contributed by atoms with Gasteiger partial charge < -0.3 is 44.6 Å². The first-order valence-corrected chi connectivity index (χ1v) is 9.98. The van der Waals surface area contributed by atoms with Gasteiger partial charge in [0.15, 0.2) is 0 Å². The summed E-state index contributed by atoms with van der Waals surface area (Å²) in [6.07, 6.45) is 0. The zero-order chi connectivity index (χ0) is 20.8. The quantitative estimate of drug-likeness (QED) is 0.221. The van der Waals surface area contributed by atoms with Gasteiger partial charge in [0.2, 0.25) is 0 Å². The molecule has 1 aromatic carbocycles. The SMILES string of the molecule is NCCOCCOCCOCCOCCOCCOCCOc1ccccc1N. The third-order valence-corrected chi connectivity index (χ3v) is 3.53. The highest BCUT2D eigenvalue weighted by Crippen LogP contribution is 2.19. The van der Waals surface area contributed by atoms with Crippen LogP contribution in [-0.2, 0) is 28.4 Å². The van der Waals surface area contributed by atoms with E-state index < -0.39 is 0 Å². The third kappa shape index (κ3) is 16.1. The maximum atomic E-state index is 5.79. The average Bonchev–Trinajstić information content (AvgIpc) is 2.73. The van der Waals surface area contributed by atoms with E-state index in [9.17, 15) is 0 Å². The van der Waals surface area contributed by atoms with E-state index in [1.165, 1.54) is 0 Å². The first kappa shape index (κ1) is 25.6. The highest BCUT2D eigenvalue weighted by Gasteiger charge is 1.98. The number of anilines is 1. The summed E-state index contributed by atoms with van der Waals surface area (Å²) in [7, 11) is 0. The van der Waals surface area contributed by atoms with Crippen molar-refractivity contribution in [2.45, 2.75) is 0 Å². The molecule has 0 saturated carbocycles. The average molecular weight is 417 g/mol. The lowest BCUT2D eigenvalue weighted by Crippen LogP contribution is -2.15. The largest absolute Gasteiger partial charge is 0.489 e. The van der Waals surface area contributed by atoms with Gasteiger partial charge in [0, 0.05) is 6.54 Å². The van der Waals surface area contributed by atoms with Crippen LogP contribution < -0.4 is 16.2 Å². The predicted molar refractivity (Wildman–Crippen MR) is 110 cm³/mol. The van der Waals surface area contributed by atoms with Crippen LogP contribution in [0.4, 0.5) is 5.69 Å². The fourth-order valence-electron chi connectivity index (χ4n) is 2.11. The van der Waals surface area contributed by atoms with Crippen molar-refractivity contribution in [1.29, 1.82) is 0 Å². The number of ether oxygens (including phenoxy) is 7. The molecule has 0 aliphatic carbocycles. The van der Waals surface area contributed by atoms with E-state index in [0.29, 0.717) is 104 Å². The highest BCUT2D eigenvalue weighted by molar-refractivity contribution is 5.51. The molecule has 4 N–H and O–H groups in total. The van der Waals surface area contributed by atoms with Gasteiger partial charge in [-0.3, -0.25) is 0 Å². The summed E-state index contributed by atoms with van der Waals surface area (Å²) < 4.78 is 37.7. The van der Waals surface area contributed by atoms with E-state index in [4.69, 9.17) is 44.6 Å². The highest BCUT2D eigenvalue weighted by atomic mass is 16.6. The van der Waals surface area contributed by atoms with Crippen LogP contribution >= 0.6 is 0 Å². The van der Waals surface area contributed by atoms with Gasteiger partial charge in [0.1, 0.15) is 12.4 Å². The normalized spacial score (nSPS) is 11.1. The van der Waals surface area contributed by atoms with E-state index in [2.05, 4.69) is 0 Å². The fraction of sp³-hybridized carbons (Fsp3) is 0.700. The molecule has 0 aliphatic heterocycles. The topological polar surface area (TPSA) is 117 Å². The van der Waals surface area contributed by atoms with Crippen molar-refractivity contribution in [3.8, 4) is 5.75 Å². The Kier molecular flexibility index (Phi) is 17.5. The fourth-order valence-corrected chi connectivity index (χ4v) is 2.11. The Labute approximate surface area is 173 Å². The molecule has 1 aromatic rings. The maximum absolute atomic E-state index is 5.79. The third-order valence-electron chi connectivity index (χ3n) is 3.53. The summed E-state index contributed by atoms with van der Waals surface area (Å²) in [5.41, 5.74) is 11.7. The van der Waals surface area contributed by atoms with Gasteiger partial charge in [0.25, 0.3) is 0 Å². The van der Waals surface area contributed by atoms with E-state index >= 15 is 0 Å². The van der Waals surface area contributed by atoms with Crippen molar-refractivity contribution >= 4 is 5.69 Å². The predicted octanol–water partition coefficient (Wildman–Crippen LogP) is 0.706. The van der Waals surface area contributed by atoms with Gasteiger partial charge >= 0.3 is 0 Å². The summed E-state index contributed by atoms with van der Waals surface area (Å²) in [6, 6.07) is 7.38. The molecule has 9 heteroatoms. The number of hydrogen-bond acceptors (Lipinski definition) is 9. The number of hydrogen-bond donors (Lipinski definition) is 2. The van der Waals surface area contributed by atoms with Gasteiger partial charge in [-0.1, -0.05) is 12.1 Å². The van der Waals surface area contributed by atoms with Crippen LogP contribution in [0.2, 0.25) is 0 Å². The molecule has 29 heavy (non-hydrogen) atoms. The first-order valence-electron chi connectivity index (χ1n) is 9.98. The lowest BCUT2D eigenvalue weighted by atomic mass is 10.3. The van der Waals surface area contributed by atoms with Crippen LogP contribution in [0.5, 0.6) is 5.75 Å². The molecular formula is C20H36N2O7. The van der Waals surface area contributed by atoms with E-state index in [-0.39, 0.29) is 0 Å². The summed E-state index contributed by atoms with van der Waals surface area (Å²) in [5.74, 6) is 0.675. The van der Waals surface area contributed by atoms with Crippen LogP contribution in [0, 0.1) is 0 Å². The maximum Gasteiger partial charge on any atom is 0.142 e. The van der Waals surface area contributed by atoms with Gasteiger partial charge in [-0.2, -0.15) is 0 Å². The molecule has 0 heterocycles. The number of rotatable bonds is 21. The molecule has 0 aliphatic rings. The molecule has 0 unspecified atom stereocenters. The molecule has 168 valence electrons. The Hall–Kier alpha value is -1.46. The van der Waals surface area contributed by atoms with Crippen LogP contribution in [0.25, 0.3) is 0 Å². The molecule has 0 fully saturated rings. The molecular weight excluding hydrogens is 380 g/mol. The number of nitrogens with two attached hydrogens (primary N) is 2. The van der Waals surface area contributed by atoms with Gasteiger partial charge in [-0.05, 0) is 12.1 Å². The number of nitrogen functional groups attached to an aromatic ring is 1. The zero-order valence-electron chi connectivity index (χ0n) is 17.2. The van der Waals surface area contributed by atoms with Crippen LogP contribution in [0.3, 0.4) is 0 Å². The van der Waals surface area contributed by atoms with E-state index in [1.807, 2.05) is 18.2 Å². The number of para-hydroxylation sites is 2. The van der Waals surface area contributed by atoms with E-state index in [0.717, 1.165) is 0 Å². The van der Waals surface area contributed by atoms with Crippen molar-refractivity contribution in [3.63, 3.8) is 0 Å². The molecule has 0 atom stereocenters. The smallest absolute Gasteiger partial charge is 0.142 e. The molecule has 9 nitrogen and oxygen atoms in total. The Morgan fingerprint density at radius 2 is 0.897 bits per heavy atom. The summed E-state index contributed by atoms with van der Waals surface area (Å²) in [5, 5.41) is 0. The zero-order valence-corrected chi connectivity index (χ0v) is 17.2. The van der Waals surface area contributed by atoms with Crippen LogP contribution in [-0.4, -0.2) is 92.4 Å². The van der Waals surface area contributed by atoms with Crippen molar-refractivity contribution in [1.82, 2.24) is 0 Å². The minimum Gasteiger partial charge on any atom is -0.489 e. The second-order valence-electron chi connectivity index (χ2n) is 5.85. The Balaban J connectivity index is 1.70. The van der Waals surface area contributed by atoms with Crippen molar-refractivity contribution < 1.29 is 33.2 Å².